The van der Waals surface area contributed by atoms with Gasteiger partial charge in [-0.15, -0.1) is 22.7 Å². The van der Waals surface area contributed by atoms with Crippen molar-refractivity contribution >= 4 is 49.9 Å². The fourth-order valence-electron chi connectivity index (χ4n) is 6.25. The van der Waals surface area contributed by atoms with Crippen LogP contribution in [-0.4, -0.2) is 64.2 Å². The van der Waals surface area contributed by atoms with Crippen molar-refractivity contribution in [3.05, 3.63) is 28.9 Å². The summed E-state index contributed by atoms with van der Waals surface area (Å²) in [6, 6.07) is 2.44. The van der Waals surface area contributed by atoms with Gasteiger partial charge in [0.25, 0.3) is 0 Å². The van der Waals surface area contributed by atoms with Crippen molar-refractivity contribution in [3.63, 3.8) is 0 Å². The Kier molecular flexibility index (Phi) is 7.58. The topological polar surface area (TPSA) is 108 Å². The fraction of sp³-hybridized carbons (Fsp3) is 0.586. The van der Waals surface area contributed by atoms with Crippen molar-refractivity contribution in [1.29, 1.82) is 0 Å². The van der Waals surface area contributed by atoms with Crippen LogP contribution in [0.25, 0.3) is 20.8 Å². The third-order valence-electron chi connectivity index (χ3n) is 8.16. The van der Waals surface area contributed by atoms with E-state index in [4.69, 9.17) is 9.72 Å². The highest BCUT2D eigenvalue weighted by molar-refractivity contribution is 7.22. The fourth-order valence-corrected chi connectivity index (χ4v) is 8.57. The van der Waals surface area contributed by atoms with E-state index < -0.39 is 5.60 Å². The van der Waals surface area contributed by atoms with Crippen molar-refractivity contribution in [3.8, 4) is 10.6 Å². The van der Waals surface area contributed by atoms with Crippen molar-refractivity contribution < 1.29 is 14.3 Å². The van der Waals surface area contributed by atoms with Crippen LogP contribution in [0.5, 0.6) is 0 Å². The van der Waals surface area contributed by atoms with Crippen molar-refractivity contribution in [2.75, 3.05) is 25.0 Å². The van der Waals surface area contributed by atoms with Gasteiger partial charge >= 0.3 is 6.09 Å². The Morgan fingerprint density at radius 2 is 1.98 bits per heavy atom. The number of thiophene rings is 1. The molecular formula is C29H38N6O3S2. The number of thiazole rings is 1. The molecule has 1 saturated carbocycles. The molecule has 2 amide bonds. The van der Waals surface area contributed by atoms with Crippen molar-refractivity contribution in [2.24, 2.45) is 11.8 Å². The molecule has 1 saturated heterocycles. The highest BCUT2D eigenvalue weighted by Gasteiger charge is 2.37. The lowest BCUT2D eigenvalue weighted by Gasteiger charge is -2.35. The number of hydrogen-bond donors (Lipinski definition) is 3. The Balaban J connectivity index is 1.21. The van der Waals surface area contributed by atoms with E-state index in [0.29, 0.717) is 32.0 Å². The molecular weight excluding hydrogens is 544 g/mol. The number of hydrogen-bond acceptors (Lipinski definition) is 9. The van der Waals surface area contributed by atoms with E-state index in [1.165, 1.54) is 12.8 Å². The van der Waals surface area contributed by atoms with Gasteiger partial charge in [-0.05, 0) is 83.5 Å². The Morgan fingerprint density at radius 1 is 1.20 bits per heavy atom. The van der Waals surface area contributed by atoms with E-state index in [9.17, 15) is 9.59 Å². The number of nitrogens with one attached hydrogen (secondary N) is 3. The summed E-state index contributed by atoms with van der Waals surface area (Å²) in [6.07, 6.45) is 6.71. The van der Waals surface area contributed by atoms with Gasteiger partial charge in [-0.1, -0.05) is 0 Å². The second-order valence-electron chi connectivity index (χ2n) is 12.3. The third kappa shape index (κ3) is 5.74. The Bertz CT molecular complexity index is 1370. The maximum Gasteiger partial charge on any atom is 0.410 e. The largest absolute Gasteiger partial charge is 0.444 e. The quantitative estimate of drug-likeness (QED) is 0.375. The zero-order valence-electron chi connectivity index (χ0n) is 23.6. The normalized spacial score (nSPS) is 24.2. The van der Waals surface area contributed by atoms with Gasteiger partial charge in [-0.3, -0.25) is 9.78 Å². The van der Waals surface area contributed by atoms with Crippen LogP contribution in [0, 0.1) is 11.8 Å². The van der Waals surface area contributed by atoms with Gasteiger partial charge < -0.3 is 25.6 Å². The molecule has 214 valence electrons. The van der Waals surface area contributed by atoms with Crippen LogP contribution in [0.1, 0.15) is 57.4 Å². The minimum Gasteiger partial charge on any atom is -0.444 e. The van der Waals surface area contributed by atoms with E-state index in [-0.39, 0.29) is 18.0 Å². The summed E-state index contributed by atoms with van der Waals surface area (Å²) in [6.45, 7) is 11.1. The predicted molar refractivity (Wildman–Crippen MR) is 160 cm³/mol. The first-order chi connectivity index (χ1) is 19.1. The van der Waals surface area contributed by atoms with Crippen LogP contribution in [0.2, 0.25) is 0 Å². The number of amides is 2. The second kappa shape index (κ2) is 11.0. The Hall–Kier alpha value is -2.60. The second-order valence-corrected chi connectivity index (χ2v) is 14.5. The van der Waals surface area contributed by atoms with E-state index in [1.54, 1.807) is 40.0 Å². The van der Waals surface area contributed by atoms with Crippen molar-refractivity contribution in [1.82, 2.24) is 25.5 Å². The number of ether oxygens (including phenoxy) is 1. The average molecular weight is 583 g/mol. The first kappa shape index (κ1) is 27.6. The van der Waals surface area contributed by atoms with E-state index in [1.807, 2.05) is 33.8 Å². The molecule has 11 heteroatoms. The molecule has 2 fully saturated rings. The van der Waals surface area contributed by atoms with Crippen LogP contribution < -0.4 is 16.0 Å². The number of aromatic nitrogens is 2. The zero-order chi connectivity index (χ0) is 28.0. The summed E-state index contributed by atoms with van der Waals surface area (Å²) in [7, 11) is 0. The maximum atomic E-state index is 13.2. The summed E-state index contributed by atoms with van der Waals surface area (Å²) in [4.78, 5) is 38.1. The van der Waals surface area contributed by atoms with Crippen LogP contribution in [0.15, 0.2) is 18.5 Å². The number of carbonyl (C=O) groups excluding carboxylic acids is 2. The number of anilines is 1. The third-order valence-corrected chi connectivity index (χ3v) is 10.3. The molecule has 3 aliphatic rings. The van der Waals surface area contributed by atoms with Gasteiger partial charge in [0.1, 0.15) is 21.1 Å². The number of rotatable bonds is 6. The highest BCUT2D eigenvalue weighted by Crippen LogP contribution is 2.46. The number of fused-ring (bicyclic) bond motifs is 3. The van der Waals surface area contributed by atoms with Gasteiger partial charge in [0.05, 0.1) is 17.4 Å². The minimum atomic E-state index is -0.561. The first-order valence-electron chi connectivity index (χ1n) is 14.2. The van der Waals surface area contributed by atoms with Crippen LogP contribution in [0.3, 0.4) is 0 Å². The Morgan fingerprint density at radius 3 is 2.70 bits per heavy atom. The maximum absolute atomic E-state index is 13.2. The molecule has 2 unspecified atom stereocenters. The lowest BCUT2D eigenvalue weighted by Crippen LogP contribution is -2.44. The van der Waals surface area contributed by atoms with Gasteiger partial charge in [0, 0.05) is 41.7 Å². The minimum absolute atomic E-state index is 0.00738. The summed E-state index contributed by atoms with van der Waals surface area (Å²) in [5.41, 5.74) is 2.42. The average Bonchev–Trinajstić information content (AvgIpc) is 3.64. The molecule has 3 N–H and O–H groups in total. The predicted octanol–water partition coefficient (Wildman–Crippen LogP) is 5.02. The number of carbonyl (C=O) groups is 2. The van der Waals surface area contributed by atoms with Gasteiger partial charge in [-0.2, -0.15) is 0 Å². The Labute approximate surface area is 243 Å². The molecule has 2 aliphatic heterocycles. The van der Waals surface area contributed by atoms with Gasteiger partial charge in [-0.25, -0.2) is 9.78 Å². The smallest absolute Gasteiger partial charge is 0.410 e. The molecule has 9 nitrogen and oxygen atoms in total. The molecule has 3 atom stereocenters. The molecule has 3 aromatic rings. The van der Waals surface area contributed by atoms with Crippen LogP contribution in [0.4, 0.5) is 9.80 Å². The van der Waals surface area contributed by atoms with E-state index >= 15 is 0 Å². The summed E-state index contributed by atoms with van der Waals surface area (Å²) < 4.78 is 6.75. The molecule has 0 radical (unpaired) electrons. The highest BCUT2D eigenvalue weighted by atomic mass is 32.1. The van der Waals surface area contributed by atoms with Gasteiger partial charge in [0.2, 0.25) is 5.91 Å². The van der Waals surface area contributed by atoms with E-state index in [2.05, 4.69) is 20.9 Å². The molecule has 0 spiro atoms. The van der Waals surface area contributed by atoms with Crippen molar-refractivity contribution in [2.45, 2.75) is 77.6 Å². The summed E-state index contributed by atoms with van der Waals surface area (Å²) in [5, 5.41) is 12.0. The SMILES string of the molecule is C[C@@H]1Cc2c(sc(NC(=O)CCNC3CC4CNCC4C3)c2-c2nc3cnccc3s2)CN1C(=O)OC(C)(C)C. The monoisotopic (exact) mass is 582 g/mol. The van der Waals surface area contributed by atoms with Gasteiger partial charge in [0.15, 0.2) is 0 Å². The molecule has 1 aliphatic carbocycles. The first-order valence-corrected chi connectivity index (χ1v) is 15.9. The molecule has 3 aromatic heterocycles. The molecule has 0 bridgehead atoms. The standard InChI is InChI=1S/C29H38N6O3S2/c1-16-9-20-23(15-35(16)28(37)38-29(2,3)4)40-27(25(20)26-33-21-14-30-7-5-22(21)39-26)34-24(36)6-8-32-19-10-17-12-31-13-18(17)11-19/h5,7,14,16-19,31-32H,6,8-13,15H2,1-4H3,(H,34,36)/t16-,17?,18?,19?/m1/s1. The number of pyridine rings is 1. The molecule has 6 rings (SSSR count). The summed E-state index contributed by atoms with van der Waals surface area (Å²) in [5.74, 6) is 1.54. The zero-order valence-corrected chi connectivity index (χ0v) is 25.2. The molecule has 40 heavy (non-hydrogen) atoms. The lowest BCUT2D eigenvalue weighted by atomic mass is 9.97. The summed E-state index contributed by atoms with van der Waals surface area (Å²) >= 11 is 3.16. The lowest BCUT2D eigenvalue weighted by molar-refractivity contribution is -0.116. The van der Waals surface area contributed by atoms with Crippen LogP contribution in [-0.2, 0) is 22.5 Å². The molecule has 0 aromatic carbocycles. The van der Waals surface area contributed by atoms with Crippen LogP contribution >= 0.6 is 22.7 Å². The molecule has 5 heterocycles. The van der Waals surface area contributed by atoms with E-state index in [0.717, 1.165) is 61.2 Å². The number of nitrogens with zero attached hydrogens (tertiary/aromatic N) is 3.